The Hall–Kier alpha value is -3.28. The molecular formula is C22H13BrIN3O6S. The minimum atomic E-state index is -4.35. The van der Waals surface area contributed by atoms with Gasteiger partial charge in [0.15, 0.2) is 5.75 Å². The van der Waals surface area contributed by atoms with Crippen molar-refractivity contribution in [2.75, 3.05) is 5.32 Å². The number of carbonyl (C=O) groups is 1. The Kier molecular flexibility index (Phi) is 8.02. The number of nitro groups is 1. The van der Waals surface area contributed by atoms with Crippen molar-refractivity contribution < 1.29 is 22.3 Å². The molecule has 0 heterocycles. The van der Waals surface area contributed by atoms with E-state index >= 15 is 0 Å². The zero-order valence-electron chi connectivity index (χ0n) is 16.9. The van der Waals surface area contributed by atoms with Crippen LogP contribution >= 0.6 is 38.5 Å². The first kappa shape index (κ1) is 25.3. The van der Waals surface area contributed by atoms with Crippen molar-refractivity contribution >= 4 is 72.0 Å². The molecule has 0 radical (unpaired) electrons. The molecule has 34 heavy (non-hydrogen) atoms. The second-order valence-electron chi connectivity index (χ2n) is 6.61. The Morgan fingerprint density at radius 3 is 2.47 bits per heavy atom. The van der Waals surface area contributed by atoms with Gasteiger partial charge in [0.05, 0.1) is 9.40 Å². The Morgan fingerprint density at radius 2 is 1.85 bits per heavy atom. The Bertz CT molecular complexity index is 1450. The normalized spacial score (nSPS) is 11.4. The molecule has 0 fully saturated rings. The molecule has 3 aromatic carbocycles. The van der Waals surface area contributed by atoms with Gasteiger partial charge in [-0.05, 0) is 92.6 Å². The average molecular weight is 654 g/mol. The summed E-state index contributed by atoms with van der Waals surface area (Å²) in [4.78, 5) is 22.3. The fraction of sp³-hybridized carbons (Fsp3) is 0. The SMILES string of the molecule is N#C/C(=C/c1ccc(OS(=O)(=O)c2cccc([N+](=O)[O-])c2)c(Br)c1)C(=O)Nc1ccc(I)cc1. The number of non-ortho nitro benzene ring substituents is 1. The van der Waals surface area contributed by atoms with Gasteiger partial charge in [-0.3, -0.25) is 14.9 Å². The molecular weight excluding hydrogens is 641 g/mol. The van der Waals surface area contributed by atoms with Crippen molar-refractivity contribution in [1.29, 1.82) is 5.26 Å². The highest BCUT2D eigenvalue weighted by Gasteiger charge is 2.21. The zero-order valence-corrected chi connectivity index (χ0v) is 21.5. The number of nitrogens with zero attached hydrogens (tertiary/aromatic N) is 2. The highest BCUT2D eigenvalue weighted by Crippen LogP contribution is 2.30. The molecule has 0 atom stereocenters. The summed E-state index contributed by atoms with van der Waals surface area (Å²) in [7, 11) is -4.35. The molecule has 0 aliphatic rings. The first-order chi connectivity index (χ1) is 16.1. The van der Waals surface area contributed by atoms with E-state index in [1.54, 1.807) is 12.1 Å². The number of anilines is 1. The standard InChI is InChI=1S/C22H13BrIN3O6S/c23-20-11-14(10-15(13-25)22(28)26-17-7-5-16(24)6-8-17)4-9-21(20)33-34(31,32)19-3-1-2-18(12-19)27(29)30/h1-12H,(H,26,28)/b15-10-. The molecule has 0 unspecified atom stereocenters. The summed E-state index contributed by atoms with van der Waals surface area (Å²) in [5.41, 5.74) is 0.407. The fourth-order valence-electron chi connectivity index (χ4n) is 2.64. The van der Waals surface area contributed by atoms with Crippen LogP contribution in [0.15, 0.2) is 81.7 Å². The van der Waals surface area contributed by atoms with Gasteiger partial charge in [-0.15, -0.1) is 0 Å². The molecule has 0 aliphatic heterocycles. The molecule has 1 amide bonds. The maximum atomic E-state index is 12.5. The fourth-order valence-corrected chi connectivity index (χ4v) is 4.57. The second kappa shape index (κ2) is 10.8. The van der Waals surface area contributed by atoms with E-state index in [1.807, 2.05) is 18.2 Å². The first-order valence-electron chi connectivity index (χ1n) is 9.26. The van der Waals surface area contributed by atoms with Gasteiger partial charge in [0.2, 0.25) is 0 Å². The lowest BCUT2D eigenvalue weighted by Gasteiger charge is -2.09. The third kappa shape index (κ3) is 6.40. The summed E-state index contributed by atoms with van der Waals surface area (Å²) in [6, 6.07) is 17.6. The predicted octanol–water partition coefficient (Wildman–Crippen LogP) is 5.28. The molecule has 0 saturated carbocycles. The molecule has 0 spiro atoms. The second-order valence-corrected chi connectivity index (χ2v) is 10.3. The van der Waals surface area contributed by atoms with Crippen LogP contribution in [0, 0.1) is 25.0 Å². The van der Waals surface area contributed by atoms with Gasteiger partial charge in [0, 0.05) is 21.4 Å². The smallest absolute Gasteiger partial charge is 0.339 e. The number of carbonyl (C=O) groups excluding carboxylic acids is 1. The van der Waals surface area contributed by atoms with E-state index in [2.05, 4.69) is 43.8 Å². The number of hydrogen-bond donors (Lipinski definition) is 1. The highest BCUT2D eigenvalue weighted by molar-refractivity contribution is 14.1. The van der Waals surface area contributed by atoms with Crippen molar-refractivity contribution in [1.82, 2.24) is 0 Å². The Balaban J connectivity index is 1.81. The van der Waals surface area contributed by atoms with E-state index in [9.17, 15) is 28.6 Å². The van der Waals surface area contributed by atoms with Crippen LogP contribution in [0.3, 0.4) is 0 Å². The van der Waals surface area contributed by atoms with E-state index in [-0.39, 0.29) is 20.7 Å². The Morgan fingerprint density at radius 1 is 1.15 bits per heavy atom. The maximum Gasteiger partial charge on any atom is 0.339 e. The summed E-state index contributed by atoms with van der Waals surface area (Å²) >= 11 is 5.34. The number of halogens is 2. The zero-order chi connectivity index (χ0) is 24.9. The molecule has 0 aromatic heterocycles. The van der Waals surface area contributed by atoms with Gasteiger partial charge in [0.1, 0.15) is 16.5 Å². The Labute approximate surface area is 216 Å². The van der Waals surface area contributed by atoms with E-state index in [1.165, 1.54) is 36.4 Å². The van der Waals surface area contributed by atoms with E-state index < -0.39 is 26.6 Å². The molecule has 3 aromatic rings. The van der Waals surface area contributed by atoms with Crippen LogP contribution in [-0.4, -0.2) is 19.2 Å². The molecule has 12 heteroatoms. The quantitative estimate of drug-likeness (QED) is 0.0914. The van der Waals surface area contributed by atoms with E-state index in [0.29, 0.717) is 11.3 Å². The maximum absolute atomic E-state index is 12.5. The molecule has 0 saturated heterocycles. The van der Waals surface area contributed by atoms with Gasteiger partial charge < -0.3 is 9.50 Å². The lowest BCUT2D eigenvalue weighted by molar-refractivity contribution is -0.385. The van der Waals surface area contributed by atoms with Crippen molar-refractivity contribution in [3.8, 4) is 11.8 Å². The van der Waals surface area contributed by atoms with Crippen LogP contribution in [-0.2, 0) is 14.9 Å². The molecule has 9 nitrogen and oxygen atoms in total. The van der Waals surface area contributed by atoms with Crippen molar-refractivity contribution in [3.05, 3.63) is 96.0 Å². The van der Waals surface area contributed by atoms with Gasteiger partial charge in [-0.2, -0.15) is 13.7 Å². The van der Waals surface area contributed by atoms with Gasteiger partial charge in [-0.25, -0.2) is 0 Å². The third-order valence-electron chi connectivity index (χ3n) is 4.25. The monoisotopic (exact) mass is 653 g/mol. The van der Waals surface area contributed by atoms with E-state index in [4.69, 9.17) is 4.18 Å². The van der Waals surface area contributed by atoms with Crippen LogP contribution in [0.4, 0.5) is 11.4 Å². The summed E-state index contributed by atoms with van der Waals surface area (Å²) in [5, 5.41) is 22.9. The summed E-state index contributed by atoms with van der Waals surface area (Å²) < 4.78 is 31.4. The van der Waals surface area contributed by atoms with Crippen molar-refractivity contribution in [2.24, 2.45) is 0 Å². The first-order valence-corrected chi connectivity index (χ1v) is 12.5. The molecule has 0 bridgehead atoms. The molecule has 1 N–H and O–H groups in total. The van der Waals surface area contributed by atoms with Crippen LogP contribution in [0.5, 0.6) is 5.75 Å². The van der Waals surface area contributed by atoms with Crippen LogP contribution in [0.2, 0.25) is 0 Å². The van der Waals surface area contributed by atoms with E-state index in [0.717, 1.165) is 15.7 Å². The van der Waals surface area contributed by atoms with Crippen molar-refractivity contribution in [3.63, 3.8) is 0 Å². The largest absolute Gasteiger partial charge is 0.378 e. The number of benzene rings is 3. The molecule has 0 aliphatic carbocycles. The topological polar surface area (TPSA) is 139 Å². The van der Waals surface area contributed by atoms with Gasteiger partial charge in [-0.1, -0.05) is 12.1 Å². The van der Waals surface area contributed by atoms with Crippen LogP contribution in [0.25, 0.3) is 6.08 Å². The average Bonchev–Trinajstić information content (AvgIpc) is 2.80. The summed E-state index contributed by atoms with van der Waals surface area (Å²) in [5.74, 6) is -0.682. The minimum Gasteiger partial charge on any atom is -0.378 e. The van der Waals surface area contributed by atoms with Gasteiger partial charge >= 0.3 is 10.1 Å². The summed E-state index contributed by atoms with van der Waals surface area (Å²) in [6.07, 6.45) is 1.34. The highest BCUT2D eigenvalue weighted by atomic mass is 127. The third-order valence-corrected chi connectivity index (χ3v) is 6.82. The van der Waals surface area contributed by atoms with Crippen molar-refractivity contribution in [2.45, 2.75) is 4.90 Å². The molecule has 172 valence electrons. The number of rotatable bonds is 7. The number of hydrogen-bond acceptors (Lipinski definition) is 7. The minimum absolute atomic E-state index is 0.0782. The number of nitro benzene ring substituents is 1. The lowest BCUT2D eigenvalue weighted by atomic mass is 10.1. The lowest BCUT2D eigenvalue weighted by Crippen LogP contribution is -2.13. The van der Waals surface area contributed by atoms with Crippen LogP contribution in [0.1, 0.15) is 5.56 Å². The van der Waals surface area contributed by atoms with Crippen LogP contribution < -0.4 is 9.50 Å². The van der Waals surface area contributed by atoms with Gasteiger partial charge in [0.25, 0.3) is 11.6 Å². The molecule has 3 rings (SSSR count). The number of amides is 1. The number of nitrogens with one attached hydrogen (secondary N) is 1. The number of nitriles is 1. The summed E-state index contributed by atoms with van der Waals surface area (Å²) in [6.45, 7) is 0. The predicted molar refractivity (Wildman–Crippen MR) is 136 cm³/mol.